The van der Waals surface area contributed by atoms with Crippen LogP contribution in [0.1, 0.15) is 38.8 Å². The lowest BCUT2D eigenvalue weighted by molar-refractivity contribution is 0.0731. The third-order valence-electron chi connectivity index (χ3n) is 2.89. The highest BCUT2D eigenvalue weighted by molar-refractivity contribution is 5.99. The van der Waals surface area contributed by atoms with Gasteiger partial charge in [0.1, 0.15) is 5.75 Å². The largest absolute Gasteiger partial charge is 0.422 e. The van der Waals surface area contributed by atoms with Crippen LogP contribution in [0.4, 0.5) is 0 Å². The van der Waals surface area contributed by atoms with E-state index >= 15 is 0 Å². The van der Waals surface area contributed by atoms with Gasteiger partial charge in [0.2, 0.25) is 0 Å². The summed E-state index contributed by atoms with van der Waals surface area (Å²) >= 11 is 0. The average Bonchev–Trinajstić information content (AvgIpc) is 2.42. The quantitative estimate of drug-likeness (QED) is 0.488. The minimum Gasteiger partial charge on any atom is -0.422 e. The highest BCUT2D eigenvalue weighted by Crippen LogP contribution is 2.26. The van der Waals surface area contributed by atoms with Gasteiger partial charge in [-0.1, -0.05) is 6.07 Å². The number of hydrogen-bond donors (Lipinski definition) is 0. The summed E-state index contributed by atoms with van der Waals surface area (Å²) in [5, 5.41) is 0. The van der Waals surface area contributed by atoms with Crippen LogP contribution >= 0.6 is 0 Å². The third-order valence-corrected chi connectivity index (χ3v) is 2.89. The Labute approximate surface area is 117 Å². The SMILES string of the molecule is CC(=O)c1cc(C)cc(C)c1OC(=O)c1cccnc1. The molecule has 0 spiro atoms. The van der Waals surface area contributed by atoms with Crippen molar-refractivity contribution in [2.24, 2.45) is 0 Å². The molecule has 0 unspecified atom stereocenters. The molecule has 1 heterocycles. The molecule has 4 heteroatoms. The number of rotatable bonds is 3. The van der Waals surface area contributed by atoms with Gasteiger partial charge in [-0.25, -0.2) is 4.79 Å². The molecule has 20 heavy (non-hydrogen) atoms. The Bertz CT molecular complexity index is 663. The Hall–Kier alpha value is -2.49. The number of nitrogens with zero attached hydrogens (tertiary/aromatic N) is 1. The molecule has 0 aliphatic carbocycles. The van der Waals surface area contributed by atoms with Crippen molar-refractivity contribution >= 4 is 11.8 Å². The van der Waals surface area contributed by atoms with E-state index in [4.69, 9.17) is 4.74 Å². The number of ketones is 1. The summed E-state index contributed by atoms with van der Waals surface area (Å²) in [7, 11) is 0. The maximum atomic E-state index is 12.1. The van der Waals surface area contributed by atoms with Crippen molar-refractivity contribution in [3.05, 3.63) is 58.9 Å². The van der Waals surface area contributed by atoms with E-state index in [-0.39, 0.29) is 5.78 Å². The van der Waals surface area contributed by atoms with Crippen LogP contribution in [0.5, 0.6) is 5.75 Å². The van der Waals surface area contributed by atoms with Gasteiger partial charge in [-0.2, -0.15) is 0 Å². The van der Waals surface area contributed by atoms with Crippen LogP contribution in [-0.4, -0.2) is 16.7 Å². The molecular formula is C16H15NO3. The zero-order valence-electron chi connectivity index (χ0n) is 11.6. The van der Waals surface area contributed by atoms with Crippen molar-refractivity contribution in [2.45, 2.75) is 20.8 Å². The van der Waals surface area contributed by atoms with Crippen molar-refractivity contribution < 1.29 is 14.3 Å². The van der Waals surface area contributed by atoms with Crippen molar-refractivity contribution in [1.82, 2.24) is 4.98 Å². The van der Waals surface area contributed by atoms with Gasteiger partial charge in [0.15, 0.2) is 5.78 Å². The number of pyridine rings is 1. The zero-order chi connectivity index (χ0) is 14.7. The molecule has 1 aromatic carbocycles. The number of ether oxygens (including phenoxy) is 1. The molecule has 0 fully saturated rings. The number of aromatic nitrogens is 1. The topological polar surface area (TPSA) is 56.3 Å². The summed E-state index contributed by atoms with van der Waals surface area (Å²) in [6.45, 7) is 5.16. The fourth-order valence-corrected chi connectivity index (χ4v) is 1.99. The maximum absolute atomic E-state index is 12.1. The Morgan fingerprint density at radius 1 is 1.20 bits per heavy atom. The molecule has 0 radical (unpaired) electrons. The lowest BCUT2D eigenvalue weighted by Gasteiger charge is -2.12. The second-order valence-corrected chi connectivity index (χ2v) is 4.65. The van der Waals surface area contributed by atoms with Gasteiger partial charge in [-0.3, -0.25) is 9.78 Å². The summed E-state index contributed by atoms with van der Waals surface area (Å²) in [6, 6.07) is 6.87. The van der Waals surface area contributed by atoms with Crippen LogP contribution in [0, 0.1) is 13.8 Å². The number of esters is 1. The van der Waals surface area contributed by atoms with Gasteiger partial charge in [0.05, 0.1) is 11.1 Å². The second-order valence-electron chi connectivity index (χ2n) is 4.65. The summed E-state index contributed by atoms with van der Waals surface area (Å²) in [5.74, 6) is -0.338. The molecule has 2 rings (SSSR count). The average molecular weight is 269 g/mol. The van der Waals surface area contributed by atoms with Gasteiger partial charge < -0.3 is 4.74 Å². The molecule has 4 nitrogen and oxygen atoms in total. The molecule has 0 atom stereocenters. The molecular weight excluding hydrogens is 254 g/mol. The smallest absolute Gasteiger partial charge is 0.345 e. The van der Waals surface area contributed by atoms with E-state index in [2.05, 4.69) is 4.98 Å². The fourth-order valence-electron chi connectivity index (χ4n) is 1.99. The summed E-state index contributed by atoms with van der Waals surface area (Å²) in [5.41, 5.74) is 2.48. The normalized spacial score (nSPS) is 10.2. The Morgan fingerprint density at radius 3 is 2.55 bits per heavy atom. The molecule has 0 aliphatic heterocycles. The monoisotopic (exact) mass is 269 g/mol. The van der Waals surface area contributed by atoms with E-state index in [0.717, 1.165) is 11.1 Å². The fraction of sp³-hybridized carbons (Fsp3) is 0.188. The molecule has 0 aliphatic rings. The number of carbonyl (C=O) groups excluding carboxylic acids is 2. The lowest BCUT2D eigenvalue weighted by atomic mass is 10.0. The van der Waals surface area contributed by atoms with Crippen molar-refractivity contribution in [1.29, 1.82) is 0 Å². The summed E-state index contributed by atoms with van der Waals surface area (Å²) in [6.07, 6.45) is 3.01. The first-order valence-electron chi connectivity index (χ1n) is 6.23. The lowest BCUT2D eigenvalue weighted by Crippen LogP contribution is -2.12. The number of aryl methyl sites for hydroxylation is 2. The van der Waals surface area contributed by atoms with Crippen LogP contribution in [0.15, 0.2) is 36.7 Å². The predicted octanol–water partition coefficient (Wildman–Crippen LogP) is 3.12. The van der Waals surface area contributed by atoms with E-state index < -0.39 is 5.97 Å². The van der Waals surface area contributed by atoms with Gasteiger partial charge in [0, 0.05) is 12.4 Å². The molecule has 0 N–H and O–H groups in total. The van der Waals surface area contributed by atoms with E-state index in [1.165, 1.54) is 13.1 Å². The summed E-state index contributed by atoms with van der Waals surface area (Å²) < 4.78 is 5.38. The van der Waals surface area contributed by atoms with Crippen LogP contribution in [0.3, 0.4) is 0 Å². The van der Waals surface area contributed by atoms with Gasteiger partial charge in [-0.05, 0) is 50.1 Å². The van der Waals surface area contributed by atoms with Crippen LogP contribution in [0.25, 0.3) is 0 Å². The zero-order valence-corrected chi connectivity index (χ0v) is 11.6. The minimum atomic E-state index is -0.521. The number of hydrogen-bond acceptors (Lipinski definition) is 4. The number of Topliss-reactive ketones (excluding diaryl/α,β-unsaturated/α-hetero) is 1. The Balaban J connectivity index is 2.39. The van der Waals surface area contributed by atoms with Gasteiger partial charge >= 0.3 is 5.97 Å². The Morgan fingerprint density at radius 2 is 1.95 bits per heavy atom. The van der Waals surface area contributed by atoms with Crippen molar-refractivity contribution in [3.8, 4) is 5.75 Å². The molecule has 1 aromatic heterocycles. The van der Waals surface area contributed by atoms with Crippen molar-refractivity contribution in [3.63, 3.8) is 0 Å². The van der Waals surface area contributed by atoms with Gasteiger partial charge in [-0.15, -0.1) is 0 Å². The summed E-state index contributed by atoms with van der Waals surface area (Å²) in [4.78, 5) is 27.6. The first-order chi connectivity index (χ1) is 9.49. The van der Waals surface area contributed by atoms with Crippen molar-refractivity contribution in [2.75, 3.05) is 0 Å². The highest BCUT2D eigenvalue weighted by Gasteiger charge is 2.17. The van der Waals surface area contributed by atoms with E-state index in [1.54, 1.807) is 24.4 Å². The molecule has 102 valence electrons. The second kappa shape index (κ2) is 5.65. The third kappa shape index (κ3) is 2.91. The van der Waals surface area contributed by atoms with Crippen LogP contribution < -0.4 is 4.74 Å². The molecule has 0 saturated carbocycles. The molecule has 0 bridgehead atoms. The first-order valence-corrected chi connectivity index (χ1v) is 6.23. The predicted molar refractivity (Wildman–Crippen MR) is 75.1 cm³/mol. The van der Waals surface area contributed by atoms with Crippen LogP contribution in [0.2, 0.25) is 0 Å². The Kier molecular flexibility index (Phi) is 3.94. The highest BCUT2D eigenvalue weighted by atomic mass is 16.5. The molecule has 0 saturated heterocycles. The van der Waals surface area contributed by atoms with E-state index in [9.17, 15) is 9.59 Å². The molecule has 2 aromatic rings. The van der Waals surface area contributed by atoms with E-state index in [0.29, 0.717) is 16.9 Å². The van der Waals surface area contributed by atoms with E-state index in [1.807, 2.05) is 19.9 Å². The standard InChI is InChI=1S/C16H15NO3/c1-10-7-11(2)15(14(8-10)12(3)18)20-16(19)13-5-4-6-17-9-13/h4-9H,1-3H3. The molecule has 0 amide bonds. The minimum absolute atomic E-state index is 0.134. The number of carbonyl (C=O) groups is 2. The maximum Gasteiger partial charge on any atom is 0.345 e. The first kappa shape index (κ1) is 13.9. The van der Waals surface area contributed by atoms with Gasteiger partial charge in [0.25, 0.3) is 0 Å². The number of benzene rings is 1. The van der Waals surface area contributed by atoms with Crippen LogP contribution in [-0.2, 0) is 0 Å².